The van der Waals surface area contributed by atoms with Gasteiger partial charge in [-0.2, -0.15) is 0 Å². The van der Waals surface area contributed by atoms with E-state index in [1.807, 2.05) is 34.6 Å². The minimum Gasteiger partial charge on any atom is -0.390 e. The van der Waals surface area contributed by atoms with Crippen molar-refractivity contribution in [3.05, 3.63) is 11.6 Å². The Kier molecular flexibility index (Phi) is 6.47. The van der Waals surface area contributed by atoms with Crippen molar-refractivity contribution in [3.8, 4) is 0 Å². The highest BCUT2D eigenvalue weighted by Crippen LogP contribution is 2.71. The van der Waals surface area contributed by atoms with Crippen LogP contribution in [0.3, 0.4) is 0 Å². The maximum atomic E-state index is 17.2. The lowest BCUT2D eigenvalue weighted by Crippen LogP contribution is -2.70. The van der Waals surface area contributed by atoms with Crippen LogP contribution in [0.2, 0.25) is 0 Å². The highest BCUT2D eigenvalue weighted by atomic mass is 127. The summed E-state index contributed by atoms with van der Waals surface area (Å²) in [6, 6.07) is 0. The molecule has 0 heterocycles. The topological polar surface area (TPSA) is 87.0 Å². The van der Waals surface area contributed by atoms with Crippen molar-refractivity contribution in [2.45, 2.75) is 107 Å². The fourth-order valence-corrected chi connectivity index (χ4v) is 8.23. The number of carbonyl (C=O) groups is 1. The van der Waals surface area contributed by atoms with E-state index in [2.05, 4.69) is 22.6 Å². The van der Waals surface area contributed by atoms with Gasteiger partial charge in [0.25, 0.3) is 0 Å². The number of rotatable bonds is 5. The predicted molar refractivity (Wildman–Crippen MR) is 133 cm³/mol. The first kappa shape index (κ1) is 26.0. The number of aliphatic hydroxyl groups is 3. The van der Waals surface area contributed by atoms with E-state index >= 15 is 4.39 Å². The van der Waals surface area contributed by atoms with Gasteiger partial charge >= 0.3 is 0 Å². The number of ether oxygens (including phenoxy) is 1. The third kappa shape index (κ3) is 3.45. The van der Waals surface area contributed by atoms with Crippen molar-refractivity contribution in [1.82, 2.24) is 0 Å². The van der Waals surface area contributed by atoms with Crippen LogP contribution >= 0.6 is 22.6 Å². The van der Waals surface area contributed by atoms with Crippen molar-refractivity contribution < 1.29 is 29.2 Å². The molecule has 0 saturated heterocycles. The summed E-state index contributed by atoms with van der Waals surface area (Å²) in [5.41, 5.74) is -4.35. The van der Waals surface area contributed by atoms with E-state index in [0.717, 1.165) is 12.0 Å². The maximum absolute atomic E-state index is 17.2. The Morgan fingerprint density at radius 1 is 1.30 bits per heavy atom. The number of hydrogen-bond donors (Lipinski definition) is 3. The number of ketones is 1. The molecular weight excluding hydrogens is 538 g/mol. The number of allylic oxidation sites excluding steroid dienone is 1. The van der Waals surface area contributed by atoms with Gasteiger partial charge in [0, 0.05) is 16.7 Å². The van der Waals surface area contributed by atoms with E-state index in [0.29, 0.717) is 32.1 Å². The third-order valence-electron chi connectivity index (χ3n) is 10.3. The van der Waals surface area contributed by atoms with Crippen LogP contribution in [0.25, 0.3) is 0 Å². The van der Waals surface area contributed by atoms with Gasteiger partial charge in [-0.3, -0.25) is 4.79 Å². The highest BCUT2D eigenvalue weighted by Gasteiger charge is 2.75. The van der Waals surface area contributed by atoms with E-state index in [9.17, 15) is 20.1 Å². The molecular formula is C26H40FIO5. The molecule has 3 fully saturated rings. The van der Waals surface area contributed by atoms with Crippen LogP contribution in [-0.4, -0.2) is 54.8 Å². The molecule has 3 N–H and O–H groups in total. The normalized spacial score (nSPS) is 51.1. The number of carbonyl (C=O) groups excluding carboxylic acids is 1. The predicted octanol–water partition coefficient (Wildman–Crippen LogP) is 4.50. The van der Waals surface area contributed by atoms with Crippen LogP contribution < -0.4 is 0 Å². The van der Waals surface area contributed by atoms with E-state index < -0.39 is 43.8 Å². The lowest BCUT2D eigenvalue weighted by molar-refractivity contribution is -0.230. The number of aliphatic hydroxyl groups excluding tert-OH is 2. The van der Waals surface area contributed by atoms with E-state index in [1.165, 1.54) is 0 Å². The maximum Gasteiger partial charge on any atom is 0.190 e. The number of alkyl halides is 2. The van der Waals surface area contributed by atoms with Crippen LogP contribution in [0.5, 0.6) is 0 Å². The van der Waals surface area contributed by atoms with Crippen LogP contribution in [-0.2, 0) is 9.53 Å². The molecule has 3 saturated carbocycles. The first-order chi connectivity index (χ1) is 15.2. The summed E-state index contributed by atoms with van der Waals surface area (Å²) < 4.78 is 22.6. The van der Waals surface area contributed by atoms with Gasteiger partial charge in [-0.25, -0.2) is 4.39 Å². The number of fused-ring (bicyclic) bond motifs is 5. The monoisotopic (exact) mass is 578 g/mol. The first-order valence-electron chi connectivity index (χ1n) is 12.5. The first-order valence-corrected chi connectivity index (χ1v) is 13.6. The molecule has 0 aliphatic heterocycles. The smallest absolute Gasteiger partial charge is 0.190 e. The summed E-state index contributed by atoms with van der Waals surface area (Å²) in [4.78, 5) is 13.5. The molecule has 0 spiro atoms. The van der Waals surface area contributed by atoms with Crippen molar-refractivity contribution in [2.24, 2.45) is 28.6 Å². The van der Waals surface area contributed by atoms with Crippen LogP contribution in [0.4, 0.5) is 4.39 Å². The molecule has 10 atom stereocenters. The summed E-state index contributed by atoms with van der Waals surface area (Å²) in [7, 11) is 0. The van der Waals surface area contributed by atoms with Crippen molar-refractivity contribution >= 4 is 28.4 Å². The summed E-state index contributed by atoms with van der Waals surface area (Å²) in [6.07, 6.45) is 3.47. The van der Waals surface area contributed by atoms with Gasteiger partial charge in [-0.15, -0.1) is 0 Å². The molecule has 188 valence electrons. The molecule has 4 aliphatic carbocycles. The lowest BCUT2D eigenvalue weighted by atomic mass is 9.43. The van der Waals surface area contributed by atoms with Crippen molar-refractivity contribution in [3.63, 3.8) is 0 Å². The molecule has 0 radical (unpaired) electrons. The molecule has 4 aliphatic rings. The van der Waals surface area contributed by atoms with Gasteiger partial charge in [-0.05, 0) is 86.3 Å². The Labute approximate surface area is 210 Å². The molecule has 5 nitrogen and oxygen atoms in total. The van der Waals surface area contributed by atoms with E-state index in [1.54, 1.807) is 6.08 Å². The second kappa shape index (κ2) is 8.22. The van der Waals surface area contributed by atoms with Crippen LogP contribution in [0, 0.1) is 28.6 Å². The zero-order chi connectivity index (χ0) is 24.6. The molecule has 0 aromatic rings. The van der Waals surface area contributed by atoms with Gasteiger partial charge in [0.05, 0.1) is 12.2 Å². The standard InChI is InChI=1S/C26H40FIO5/c1-6-24(5,28)33-14-21(31)26(32)15(2)11-19-18-8-7-16-12-17(29)9-10-22(16,3)25(18,27)20(30)13-23(19,26)4/h12,15,17-20,29-30,32H,6-11,13-14H2,1-5H3/t15-,17?,18+,19+,20+,22+,23+,24?,25+,26+/m1/s1. The summed E-state index contributed by atoms with van der Waals surface area (Å²) >= 11 is 2.17. The molecule has 0 aromatic carbocycles. The van der Waals surface area contributed by atoms with Crippen LogP contribution in [0.15, 0.2) is 11.6 Å². The average Bonchev–Trinajstić information content (AvgIpc) is 2.95. The number of Topliss-reactive ketones (excluding diaryl/α,β-unsaturated/α-hetero) is 1. The Morgan fingerprint density at radius 3 is 2.61 bits per heavy atom. The summed E-state index contributed by atoms with van der Waals surface area (Å²) in [5.74, 6) is -1.37. The minimum absolute atomic E-state index is 0.0396. The zero-order valence-corrected chi connectivity index (χ0v) is 22.7. The zero-order valence-electron chi connectivity index (χ0n) is 20.5. The van der Waals surface area contributed by atoms with Crippen molar-refractivity contribution in [1.29, 1.82) is 0 Å². The average molecular weight is 579 g/mol. The second-order valence-electron chi connectivity index (χ2n) is 11.9. The van der Waals surface area contributed by atoms with E-state index in [-0.39, 0.29) is 30.6 Å². The molecule has 4 rings (SSSR count). The lowest BCUT2D eigenvalue weighted by Gasteiger charge is -2.63. The molecule has 0 aromatic heterocycles. The van der Waals surface area contributed by atoms with Gasteiger partial charge in [-0.1, -0.05) is 39.3 Å². The molecule has 0 bridgehead atoms. The summed E-state index contributed by atoms with van der Waals surface area (Å²) in [6.45, 7) is 9.35. The molecule has 33 heavy (non-hydrogen) atoms. The van der Waals surface area contributed by atoms with Gasteiger partial charge < -0.3 is 20.1 Å². The number of hydrogen-bond acceptors (Lipinski definition) is 5. The number of halogens is 2. The molecule has 0 amide bonds. The van der Waals surface area contributed by atoms with Crippen LogP contribution in [0.1, 0.15) is 79.6 Å². The minimum atomic E-state index is -1.84. The fraction of sp³-hybridized carbons (Fsp3) is 0.885. The Morgan fingerprint density at radius 2 is 1.97 bits per heavy atom. The Bertz CT molecular complexity index is 847. The largest absolute Gasteiger partial charge is 0.390 e. The Balaban J connectivity index is 1.70. The third-order valence-corrected chi connectivity index (χ3v) is 11.4. The second-order valence-corrected chi connectivity index (χ2v) is 14.1. The van der Waals surface area contributed by atoms with Gasteiger partial charge in [0.15, 0.2) is 5.78 Å². The quantitative estimate of drug-likeness (QED) is 0.254. The van der Waals surface area contributed by atoms with Crippen molar-refractivity contribution in [2.75, 3.05) is 6.61 Å². The fourth-order valence-electron chi connectivity index (χ4n) is 8.08. The molecule has 2 unspecified atom stereocenters. The van der Waals surface area contributed by atoms with Gasteiger partial charge in [0.2, 0.25) is 0 Å². The highest BCUT2D eigenvalue weighted by molar-refractivity contribution is 14.1. The van der Waals surface area contributed by atoms with E-state index in [4.69, 9.17) is 4.74 Å². The summed E-state index contributed by atoms with van der Waals surface area (Å²) in [5, 5.41) is 33.5. The molecule has 7 heteroatoms. The Hall–Kier alpha value is -0.0900. The SMILES string of the molecule is CCC(C)(I)OCC(=O)[C@@]1(O)[C@H](C)C[C@H]2[C@@H]3CCC4=CC(O)CC[C@]4(C)[C@@]3(F)[C@@H](O)C[C@@]21C. The van der Waals surface area contributed by atoms with Gasteiger partial charge in [0.1, 0.15) is 21.5 Å².